The summed E-state index contributed by atoms with van der Waals surface area (Å²) in [7, 11) is 2.00. The Balaban J connectivity index is 2.22. The van der Waals surface area contributed by atoms with Gasteiger partial charge in [0, 0.05) is 28.2 Å². The van der Waals surface area contributed by atoms with E-state index >= 15 is 0 Å². The molecule has 1 heterocycles. The zero-order valence-corrected chi connectivity index (χ0v) is 12.1. The van der Waals surface area contributed by atoms with Gasteiger partial charge in [-0.2, -0.15) is 11.8 Å². The molecule has 1 aromatic carbocycles. The highest BCUT2D eigenvalue weighted by molar-refractivity contribution is 8.00. The van der Waals surface area contributed by atoms with Gasteiger partial charge in [0.15, 0.2) is 0 Å². The Morgan fingerprint density at radius 2 is 2.11 bits per heavy atom. The van der Waals surface area contributed by atoms with Crippen LogP contribution in [0.25, 0.3) is 0 Å². The summed E-state index contributed by atoms with van der Waals surface area (Å²) in [6, 6.07) is 7.92. The van der Waals surface area contributed by atoms with Gasteiger partial charge >= 0.3 is 0 Å². The standard InChI is InChI=1S/C14H18N2O2S/c1-15-9-13(19-2)7-11-5-3-4-6-12(11)14(8-13,10-15)16(17)18/h3-6H,7-10H2,1-2H3. The molecule has 4 nitrogen and oxygen atoms in total. The average Bonchev–Trinajstić information content (AvgIpc) is 2.38. The summed E-state index contributed by atoms with van der Waals surface area (Å²) in [6.07, 6.45) is 3.66. The number of likely N-dealkylation sites (tertiary alicyclic amines) is 1. The fourth-order valence-corrected chi connectivity index (χ4v) is 4.88. The van der Waals surface area contributed by atoms with Crippen molar-refractivity contribution in [1.82, 2.24) is 4.90 Å². The molecular formula is C14H18N2O2S. The number of rotatable bonds is 2. The predicted octanol–water partition coefficient (Wildman–Crippen LogP) is 2.15. The van der Waals surface area contributed by atoms with Gasteiger partial charge in [-0.3, -0.25) is 15.0 Å². The first-order chi connectivity index (χ1) is 9.01. The normalized spacial score (nSPS) is 33.8. The second kappa shape index (κ2) is 4.21. The molecule has 1 fully saturated rings. The molecule has 1 aliphatic carbocycles. The van der Waals surface area contributed by atoms with E-state index in [4.69, 9.17) is 0 Å². The molecule has 0 saturated carbocycles. The van der Waals surface area contributed by atoms with Crippen LogP contribution in [0.4, 0.5) is 0 Å². The molecule has 0 N–H and O–H groups in total. The van der Waals surface area contributed by atoms with E-state index in [9.17, 15) is 10.1 Å². The Morgan fingerprint density at radius 1 is 1.37 bits per heavy atom. The molecule has 2 unspecified atom stereocenters. The summed E-state index contributed by atoms with van der Waals surface area (Å²) in [4.78, 5) is 13.9. The molecule has 102 valence electrons. The Bertz CT molecular complexity index is 536. The molecule has 0 radical (unpaired) electrons. The van der Waals surface area contributed by atoms with Crippen LogP contribution in [-0.4, -0.2) is 41.0 Å². The van der Waals surface area contributed by atoms with E-state index in [0.717, 1.165) is 24.1 Å². The summed E-state index contributed by atoms with van der Waals surface area (Å²) >= 11 is 1.79. The minimum atomic E-state index is -0.926. The summed E-state index contributed by atoms with van der Waals surface area (Å²) < 4.78 is -0.0194. The smallest absolute Gasteiger partial charge is 0.261 e. The highest BCUT2D eigenvalue weighted by Crippen LogP contribution is 2.50. The van der Waals surface area contributed by atoms with Gasteiger partial charge < -0.3 is 0 Å². The number of hydrogen-bond donors (Lipinski definition) is 0. The second-order valence-corrected chi connectivity index (χ2v) is 7.13. The Kier molecular flexibility index (Phi) is 2.87. The van der Waals surface area contributed by atoms with Gasteiger partial charge in [-0.05, 0) is 25.3 Å². The molecule has 0 spiro atoms. The molecule has 0 aromatic heterocycles. The topological polar surface area (TPSA) is 46.4 Å². The third kappa shape index (κ3) is 1.79. The van der Waals surface area contributed by atoms with Crippen LogP contribution in [0, 0.1) is 10.1 Å². The molecule has 1 saturated heterocycles. The zero-order chi connectivity index (χ0) is 13.7. The highest BCUT2D eigenvalue weighted by atomic mass is 32.2. The van der Waals surface area contributed by atoms with Crippen LogP contribution in [0.5, 0.6) is 0 Å². The highest BCUT2D eigenvalue weighted by Gasteiger charge is 2.59. The third-order valence-corrected chi connectivity index (χ3v) is 5.80. The number of nitrogens with zero attached hydrogens (tertiary/aromatic N) is 2. The molecule has 3 rings (SSSR count). The lowest BCUT2D eigenvalue weighted by Gasteiger charge is -2.50. The van der Waals surface area contributed by atoms with Gasteiger partial charge in [0.2, 0.25) is 0 Å². The van der Waals surface area contributed by atoms with Crippen molar-refractivity contribution < 1.29 is 4.92 Å². The number of likely N-dealkylation sites (N-methyl/N-ethyl adjacent to an activating group) is 1. The van der Waals surface area contributed by atoms with E-state index in [-0.39, 0.29) is 9.67 Å². The van der Waals surface area contributed by atoms with Crippen molar-refractivity contribution >= 4 is 11.8 Å². The van der Waals surface area contributed by atoms with E-state index < -0.39 is 5.54 Å². The van der Waals surface area contributed by atoms with Gasteiger partial charge in [0.05, 0.1) is 6.54 Å². The van der Waals surface area contributed by atoms with Crippen molar-refractivity contribution in [2.45, 2.75) is 23.1 Å². The number of benzene rings is 1. The van der Waals surface area contributed by atoms with Gasteiger partial charge in [-0.25, -0.2) is 0 Å². The summed E-state index contributed by atoms with van der Waals surface area (Å²) in [5, 5.41) is 11.8. The lowest BCUT2D eigenvalue weighted by atomic mass is 9.68. The van der Waals surface area contributed by atoms with Crippen molar-refractivity contribution in [2.75, 3.05) is 26.4 Å². The first-order valence-corrected chi connectivity index (χ1v) is 7.70. The first kappa shape index (κ1) is 12.9. The zero-order valence-electron chi connectivity index (χ0n) is 11.3. The van der Waals surface area contributed by atoms with Crippen LogP contribution in [0.1, 0.15) is 17.5 Å². The Labute approximate surface area is 117 Å². The minimum absolute atomic E-state index is 0.0194. The van der Waals surface area contributed by atoms with Crippen molar-refractivity contribution in [3.63, 3.8) is 0 Å². The molecule has 2 aliphatic rings. The fraction of sp³-hybridized carbons (Fsp3) is 0.571. The SMILES string of the molecule is CSC12Cc3ccccc3C([N+](=O)[O-])(CN(C)C1)C2. The number of thioether (sulfide) groups is 1. The van der Waals surface area contributed by atoms with Gasteiger partial charge in [-0.15, -0.1) is 0 Å². The molecule has 5 heteroatoms. The van der Waals surface area contributed by atoms with Crippen LogP contribution in [0.2, 0.25) is 0 Å². The quantitative estimate of drug-likeness (QED) is 0.614. The maximum absolute atomic E-state index is 11.8. The van der Waals surface area contributed by atoms with Crippen LogP contribution in [0.3, 0.4) is 0 Å². The summed E-state index contributed by atoms with van der Waals surface area (Å²) in [6.45, 7) is 1.44. The predicted molar refractivity (Wildman–Crippen MR) is 77.2 cm³/mol. The second-order valence-electron chi connectivity index (χ2n) is 5.86. The van der Waals surface area contributed by atoms with Crippen LogP contribution >= 0.6 is 11.8 Å². The Morgan fingerprint density at radius 3 is 2.79 bits per heavy atom. The molecule has 2 atom stereocenters. The summed E-state index contributed by atoms with van der Waals surface area (Å²) in [5.41, 5.74) is 1.16. The molecule has 0 amide bonds. The lowest BCUT2D eigenvalue weighted by Crippen LogP contribution is -2.62. The van der Waals surface area contributed by atoms with E-state index in [1.165, 1.54) is 0 Å². The first-order valence-electron chi connectivity index (χ1n) is 6.48. The molecule has 2 bridgehead atoms. The van der Waals surface area contributed by atoms with Gasteiger partial charge in [0.25, 0.3) is 5.54 Å². The van der Waals surface area contributed by atoms with E-state index in [0.29, 0.717) is 13.0 Å². The molecule has 1 aromatic rings. The van der Waals surface area contributed by atoms with Crippen molar-refractivity contribution in [1.29, 1.82) is 0 Å². The molecule has 1 aliphatic heterocycles. The molecule has 19 heavy (non-hydrogen) atoms. The maximum atomic E-state index is 11.8. The fourth-order valence-electron chi connectivity index (χ4n) is 3.84. The number of nitro groups is 1. The van der Waals surface area contributed by atoms with Gasteiger partial charge in [0.1, 0.15) is 0 Å². The van der Waals surface area contributed by atoms with Gasteiger partial charge in [-0.1, -0.05) is 24.3 Å². The maximum Gasteiger partial charge on any atom is 0.261 e. The average molecular weight is 278 g/mol. The van der Waals surface area contributed by atoms with Crippen LogP contribution in [0.15, 0.2) is 24.3 Å². The van der Waals surface area contributed by atoms with E-state index in [2.05, 4.69) is 17.2 Å². The minimum Gasteiger partial charge on any atom is -0.298 e. The third-order valence-electron chi connectivity index (χ3n) is 4.52. The van der Waals surface area contributed by atoms with Crippen molar-refractivity contribution in [3.05, 3.63) is 45.5 Å². The summed E-state index contributed by atoms with van der Waals surface area (Å²) in [5.74, 6) is 0. The Hall–Kier alpha value is -1.07. The van der Waals surface area contributed by atoms with E-state index in [1.54, 1.807) is 11.8 Å². The van der Waals surface area contributed by atoms with Crippen LogP contribution < -0.4 is 0 Å². The van der Waals surface area contributed by atoms with Crippen LogP contribution in [-0.2, 0) is 12.0 Å². The number of hydrogen-bond acceptors (Lipinski definition) is 4. The lowest BCUT2D eigenvalue weighted by molar-refractivity contribution is -0.586. The molecular weight excluding hydrogens is 260 g/mol. The monoisotopic (exact) mass is 278 g/mol. The van der Waals surface area contributed by atoms with Crippen molar-refractivity contribution in [3.8, 4) is 0 Å². The van der Waals surface area contributed by atoms with E-state index in [1.807, 2.05) is 25.2 Å². The largest absolute Gasteiger partial charge is 0.298 e. The van der Waals surface area contributed by atoms with Crippen molar-refractivity contribution in [2.24, 2.45) is 0 Å². The number of piperidine rings is 1. The number of fused-ring (bicyclic) bond motifs is 4.